The number of hydrogen-bond donors (Lipinski definition) is 0. The van der Waals surface area contributed by atoms with Gasteiger partial charge in [-0.2, -0.15) is 0 Å². The van der Waals surface area contributed by atoms with Crippen LogP contribution in [0.5, 0.6) is 0 Å². The van der Waals surface area contributed by atoms with E-state index in [9.17, 15) is 4.39 Å². The molecule has 1 aromatic heterocycles. The maximum Gasteiger partial charge on any atom is 0.180 e. The summed E-state index contributed by atoms with van der Waals surface area (Å²) in [5.41, 5.74) is 0. The summed E-state index contributed by atoms with van der Waals surface area (Å²) in [6.07, 6.45) is 3.32. The molecule has 0 unspecified atom stereocenters. The minimum atomic E-state index is -0.702. The van der Waals surface area contributed by atoms with Gasteiger partial charge in [-0.05, 0) is 18.9 Å². The van der Waals surface area contributed by atoms with Crippen LogP contribution < -0.4 is 0 Å². The third kappa shape index (κ3) is 5.63. The molecular weight excluding hydrogens is 231 g/mol. The lowest BCUT2D eigenvalue weighted by Gasteiger charge is -2.32. The molecule has 0 bridgehead atoms. The smallest absolute Gasteiger partial charge is 0.180 e. The van der Waals surface area contributed by atoms with Crippen LogP contribution in [0.25, 0.3) is 0 Å². The summed E-state index contributed by atoms with van der Waals surface area (Å²) in [4.78, 5) is 5.91. The van der Waals surface area contributed by atoms with Gasteiger partial charge in [0.2, 0.25) is 0 Å². The van der Waals surface area contributed by atoms with E-state index in [1.165, 1.54) is 6.39 Å². The Morgan fingerprint density at radius 1 is 1.39 bits per heavy atom. The quantitative estimate of drug-likeness (QED) is 0.805. The molecule has 2 heterocycles. The number of rotatable bonds is 2. The molecule has 0 aliphatic carbocycles. The molecule has 1 fully saturated rings. The Hall–Kier alpha value is -0.900. The fourth-order valence-electron chi connectivity index (χ4n) is 1.77. The summed E-state index contributed by atoms with van der Waals surface area (Å²) in [5.74, 6) is 1.01. The van der Waals surface area contributed by atoms with Gasteiger partial charge < -0.3 is 4.42 Å². The van der Waals surface area contributed by atoms with Crippen molar-refractivity contribution in [3.05, 3.63) is 18.4 Å². The Morgan fingerprint density at radius 2 is 2.06 bits per heavy atom. The number of hydrogen-bond acceptors (Lipinski definition) is 3. The molecule has 0 spiro atoms. The fraction of sp³-hybridized carbons (Fsp3) is 0.786. The van der Waals surface area contributed by atoms with E-state index in [1.54, 1.807) is 6.20 Å². The Labute approximate surface area is 110 Å². The summed E-state index contributed by atoms with van der Waals surface area (Å²) in [5, 5.41) is 0. The van der Waals surface area contributed by atoms with Gasteiger partial charge in [-0.25, -0.2) is 9.37 Å². The topological polar surface area (TPSA) is 29.3 Å². The Kier molecular flexibility index (Phi) is 9.56. The van der Waals surface area contributed by atoms with Gasteiger partial charge in [-0.15, -0.1) is 0 Å². The van der Waals surface area contributed by atoms with Crippen molar-refractivity contribution in [1.82, 2.24) is 9.88 Å². The van der Waals surface area contributed by atoms with Crippen LogP contribution in [0.4, 0.5) is 4.39 Å². The number of nitrogens with zero attached hydrogens (tertiary/aromatic N) is 2. The van der Waals surface area contributed by atoms with Crippen LogP contribution in [0.2, 0.25) is 0 Å². The molecule has 4 heteroatoms. The van der Waals surface area contributed by atoms with Gasteiger partial charge in [-0.3, -0.25) is 4.90 Å². The zero-order chi connectivity index (χ0) is 14.0. The van der Waals surface area contributed by atoms with Gasteiger partial charge in [0.05, 0.1) is 12.7 Å². The highest BCUT2D eigenvalue weighted by Crippen LogP contribution is 2.21. The van der Waals surface area contributed by atoms with E-state index in [1.807, 2.05) is 34.6 Å². The molecule has 0 saturated carbocycles. The first-order valence-electron chi connectivity index (χ1n) is 6.99. The number of aromatic nitrogens is 1. The molecule has 2 atom stereocenters. The second-order valence-corrected chi connectivity index (χ2v) is 3.98. The first kappa shape index (κ1) is 17.1. The van der Waals surface area contributed by atoms with Crippen molar-refractivity contribution in [2.75, 3.05) is 13.1 Å². The summed E-state index contributed by atoms with van der Waals surface area (Å²) >= 11 is 0. The first-order chi connectivity index (χ1) is 8.75. The first-order valence-corrected chi connectivity index (χ1v) is 6.99. The van der Waals surface area contributed by atoms with Gasteiger partial charge in [0.1, 0.15) is 11.9 Å². The maximum atomic E-state index is 13.4. The molecule has 3 nitrogen and oxygen atoms in total. The van der Waals surface area contributed by atoms with E-state index < -0.39 is 6.17 Å². The standard InChI is InChI=1S/C10H15FN2O.2C2H6/c1-8-2-3-13(6-10(8)11)5-9-4-12-7-14-9;2*1-2/h4,7-8,10H,2-3,5-6H2,1H3;2*1-2H3/t8-,10+;;/m0../s1. The molecule has 1 saturated heterocycles. The molecule has 0 amide bonds. The molecule has 0 radical (unpaired) electrons. The molecule has 0 aromatic carbocycles. The number of halogens is 1. The Balaban J connectivity index is 0.000000659. The largest absolute Gasteiger partial charge is 0.447 e. The zero-order valence-electron chi connectivity index (χ0n) is 12.3. The van der Waals surface area contributed by atoms with Crippen LogP contribution >= 0.6 is 0 Å². The van der Waals surface area contributed by atoms with Crippen molar-refractivity contribution >= 4 is 0 Å². The minimum Gasteiger partial charge on any atom is -0.447 e. The lowest BCUT2D eigenvalue weighted by atomic mass is 9.97. The normalized spacial score (nSPS) is 23.4. The fourth-order valence-corrected chi connectivity index (χ4v) is 1.77. The molecule has 1 aliphatic heterocycles. The number of likely N-dealkylation sites (tertiary alicyclic amines) is 1. The van der Waals surface area contributed by atoms with Crippen molar-refractivity contribution in [1.29, 1.82) is 0 Å². The van der Waals surface area contributed by atoms with Gasteiger partial charge in [0.25, 0.3) is 0 Å². The molecule has 1 aliphatic rings. The Morgan fingerprint density at radius 3 is 2.56 bits per heavy atom. The number of alkyl halides is 1. The average molecular weight is 258 g/mol. The predicted octanol–water partition coefficient (Wildman–Crippen LogP) is 3.91. The molecule has 0 N–H and O–H groups in total. The Bertz CT molecular complexity index is 277. The van der Waals surface area contributed by atoms with Gasteiger partial charge in [0.15, 0.2) is 6.39 Å². The molecule has 2 rings (SSSR count). The highest BCUT2D eigenvalue weighted by Gasteiger charge is 2.25. The number of piperidine rings is 1. The lowest BCUT2D eigenvalue weighted by Crippen LogP contribution is -2.40. The van der Waals surface area contributed by atoms with Gasteiger partial charge >= 0.3 is 0 Å². The van der Waals surface area contributed by atoms with Gasteiger partial charge in [0, 0.05) is 6.54 Å². The third-order valence-electron chi connectivity index (χ3n) is 2.81. The average Bonchev–Trinajstić information content (AvgIpc) is 2.92. The molecular formula is C14H27FN2O. The van der Waals surface area contributed by atoms with Crippen molar-refractivity contribution in [3.63, 3.8) is 0 Å². The van der Waals surface area contributed by atoms with E-state index in [2.05, 4.69) is 9.88 Å². The maximum absolute atomic E-state index is 13.4. The zero-order valence-corrected chi connectivity index (χ0v) is 12.3. The van der Waals surface area contributed by atoms with Gasteiger partial charge in [-0.1, -0.05) is 34.6 Å². The number of oxazole rings is 1. The van der Waals surface area contributed by atoms with E-state index in [0.29, 0.717) is 13.1 Å². The van der Waals surface area contributed by atoms with E-state index in [-0.39, 0.29) is 5.92 Å². The third-order valence-corrected chi connectivity index (χ3v) is 2.81. The second kappa shape index (κ2) is 10.1. The highest BCUT2D eigenvalue weighted by molar-refractivity contribution is 4.90. The van der Waals surface area contributed by atoms with E-state index in [0.717, 1.165) is 18.7 Å². The SMILES string of the molecule is CC.CC.C[C@H]1CCN(Cc2cnco2)C[C@H]1F. The highest BCUT2D eigenvalue weighted by atomic mass is 19.1. The summed E-state index contributed by atoms with van der Waals surface area (Å²) in [6, 6.07) is 0. The van der Waals surface area contributed by atoms with Crippen LogP contribution in [0, 0.1) is 5.92 Å². The van der Waals surface area contributed by atoms with Crippen molar-refractivity contribution < 1.29 is 8.81 Å². The molecule has 1 aromatic rings. The van der Waals surface area contributed by atoms with Crippen LogP contribution in [-0.4, -0.2) is 29.1 Å². The van der Waals surface area contributed by atoms with Crippen molar-refractivity contribution in [3.8, 4) is 0 Å². The summed E-state index contributed by atoms with van der Waals surface area (Å²) in [6.45, 7) is 12.1. The minimum absolute atomic E-state index is 0.195. The summed E-state index contributed by atoms with van der Waals surface area (Å²) in [7, 11) is 0. The van der Waals surface area contributed by atoms with E-state index >= 15 is 0 Å². The molecule has 18 heavy (non-hydrogen) atoms. The lowest BCUT2D eigenvalue weighted by molar-refractivity contribution is 0.0838. The predicted molar refractivity (Wildman–Crippen MR) is 73.2 cm³/mol. The molecule has 106 valence electrons. The van der Waals surface area contributed by atoms with Crippen LogP contribution in [0.3, 0.4) is 0 Å². The van der Waals surface area contributed by atoms with Crippen molar-refractivity contribution in [2.45, 2.75) is 53.8 Å². The van der Waals surface area contributed by atoms with Crippen molar-refractivity contribution in [2.24, 2.45) is 5.92 Å². The van der Waals surface area contributed by atoms with Crippen LogP contribution in [0.15, 0.2) is 17.0 Å². The van der Waals surface area contributed by atoms with Crippen LogP contribution in [-0.2, 0) is 6.54 Å². The van der Waals surface area contributed by atoms with Crippen LogP contribution in [0.1, 0.15) is 46.8 Å². The summed E-state index contributed by atoms with van der Waals surface area (Å²) < 4.78 is 18.5. The second-order valence-electron chi connectivity index (χ2n) is 3.98. The van der Waals surface area contributed by atoms with E-state index in [4.69, 9.17) is 4.42 Å². The monoisotopic (exact) mass is 258 g/mol.